The Morgan fingerprint density at radius 3 is 2.38 bits per heavy atom. The highest BCUT2D eigenvalue weighted by Crippen LogP contribution is 2.18. The molecule has 0 saturated heterocycles. The molecule has 0 bridgehead atoms. The molecular formula is C12H17Si. The highest BCUT2D eigenvalue weighted by atomic mass is 28.3. The van der Waals surface area contributed by atoms with Gasteiger partial charge in [-0.2, -0.15) is 0 Å². The van der Waals surface area contributed by atoms with Gasteiger partial charge >= 0.3 is 0 Å². The first-order chi connectivity index (χ1) is 6.24. The normalized spacial score (nSPS) is 12.8. The molecule has 0 aliphatic heterocycles. The zero-order chi connectivity index (χ0) is 9.68. The molecule has 0 heterocycles. The van der Waals surface area contributed by atoms with Crippen molar-refractivity contribution in [3.8, 4) is 0 Å². The van der Waals surface area contributed by atoms with Gasteiger partial charge in [-0.3, -0.25) is 0 Å². The van der Waals surface area contributed by atoms with Crippen molar-refractivity contribution in [3.05, 3.63) is 48.6 Å². The Morgan fingerprint density at radius 2 is 1.92 bits per heavy atom. The number of hydrogen-bond donors (Lipinski definition) is 0. The smallest absolute Gasteiger partial charge is 0.0493 e. The van der Waals surface area contributed by atoms with E-state index in [4.69, 9.17) is 0 Å². The summed E-state index contributed by atoms with van der Waals surface area (Å²) in [6.07, 6.45) is 3.27. The minimum absolute atomic E-state index is 0.240. The van der Waals surface area contributed by atoms with Crippen molar-refractivity contribution in [2.45, 2.75) is 25.1 Å². The lowest BCUT2D eigenvalue weighted by atomic mass is 10.1. The number of allylic oxidation sites excluding steroid dienone is 1. The lowest BCUT2D eigenvalue weighted by Gasteiger charge is -2.14. The van der Waals surface area contributed by atoms with Gasteiger partial charge in [0.25, 0.3) is 0 Å². The lowest BCUT2D eigenvalue weighted by Crippen LogP contribution is -2.12. The van der Waals surface area contributed by atoms with Crippen molar-refractivity contribution in [2.24, 2.45) is 0 Å². The van der Waals surface area contributed by atoms with E-state index in [1.807, 2.05) is 0 Å². The first kappa shape index (κ1) is 10.3. The minimum Gasteiger partial charge on any atom is -0.103 e. The van der Waals surface area contributed by atoms with Gasteiger partial charge in [-0.05, 0) is 17.5 Å². The summed E-state index contributed by atoms with van der Waals surface area (Å²) in [4.78, 5) is 0. The van der Waals surface area contributed by atoms with Crippen molar-refractivity contribution in [1.82, 2.24) is 0 Å². The summed E-state index contributed by atoms with van der Waals surface area (Å²) >= 11 is 0. The van der Waals surface area contributed by atoms with Gasteiger partial charge in [0.1, 0.15) is 0 Å². The zero-order valence-corrected chi connectivity index (χ0v) is 9.46. The average molecular weight is 189 g/mol. The van der Waals surface area contributed by atoms with Gasteiger partial charge in [-0.15, -0.1) is 6.58 Å². The van der Waals surface area contributed by atoms with E-state index in [0.29, 0.717) is 5.54 Å². The molecule has 1 atom stereocenters. The molecule has 0 saturated carbocycles. The molecule has 0 spiro atoms. The fourth-order valence-corrected chi connectivity index (χ4v) is 2.51. The van der Waals surface area contributed by atoms with Crippen molar-refractivity contribution in [2.75, 3.05) is 0 Å². The van der Waals surface area contributed by atoms with Gasteiger partial charge in [0.05, 0.1) is 0 Å². The molecule has 0 aromatic heterocycles. The van der Waals surface area contributed by atoms with Gasteiger partial charge in [-0.1, -0.05) is 49.5 Å². The molecule has 0 amide bonds. The SMILES string of the molecule is C=CC(Cc1ccccc1)[Si](C)C. The highest BCUT2D eigenvalue weighted by molar-refractivity contribution is 6.58. The summed E-state index contributed by atoms with van der Waals surface area (Å²) in [6.45, 7) is 8.60. The Kier molecular flexibility index (Phi) is 3.97. The highest BCUT2D eigenvalue weighted by Gasteiger charge is 2.10. The molecule has 0 nitrogen and oxygen atoms in total. The van der Waals surface area contributed by atoms with Gasteiger partial charge in [0.15, 0.2) is 0 Å². The summed E-state index contributed by atoms with van der Waals surface area (Å²) in [6, 6.07) is 10.7. The van der Waals surface area contributed by atoms with Gasteiger partial charge in [0.2, 0.25) is 0 Å². The third-order valence-electron chi connectivity index (χ3n) is 2.32. The molecule has 1 unspecified atom stereocenters. The standard InChI is InChI=1S/C12H17Si/c1-4-12(13(2)3)10-11-8-6-5-7-9-11/h4-9,12H,1,10H2,2-3H3. The van der Waals surface area contributed by atoms with Crippen LogP contribution in [0.4, 0.5) is 0 Å². The Morgan fingerprint density at radius 1 is 1.31 bits per heavy atom. The predicted octanol–water partition coefficient (Wildman–Crippen LogP) is 3.54. The maximum Gasteiger partial charge on any atom is 0.0493 e. The van der Waals surface area contributed by atoms with Crippen LogP contribution < -0.4 is 0 Å². The summed E-state index contributed by atoms with van der Waals surface area (Å²) in [5.74, 6) is 0. The second kappa shape index (κ2) is 5.03. The average Bonchev–Trinajstić information content (AvgIpc) is 2.15. The van der Waals surface area contributed by atoms with Crippen LogP contribution in [0.1, 0.15) is 5.56 Å². The van der Waals surface area contributed by atoms with E-state index >= 15 is 0 Å². The first-order valence-corrected chi connectivity index (χ1v) is 7.28. The van der Waals surface area contributed by atoms with Gasteiger partial charge in [-0.25, -0.2) is 0 Å². The third-order valence-corrected chi connectivity index (χ3v) is 4.25. The Bertz CT molecular complexity index is 251. The summed E-state index contributed by atoms with van der Waals surface area (Å²) < 4.78 is 0. The topological polar surface area (TPSA) is 0 Å². The molecule has 1 rings (SSSR count). The van der Waals surface area contributed by atoms with Crippen molar-refractivity contribution < 1.29 is 0 Å². The molecule has 1 aromatic rings. The molecule has 1 heteroatoms. The molecular weight excluding hydrogens is 172 g/mol. The maximum absolute atomic E-state index is 3.90. The van der Waals surface area contributed by atoms with E-state index in [1.54, 1.807) is 0 Å². The minimum atomic E-state index is -0.240. The van der Waals surface area contributed by atoms with E-state index in [0.717, 1.165) is 6.42 Å². The second-order valence-corrected chi connectivity index (χ2v) is 6.51. The molecule has 1 radical (unpaired) electrons. The van der Waals surface area contributed by atoms with Crippen LogP contribution in [0.2, 0.25) is 18.6 Å². The van der Waals surface area contributed by atoms with Gasteiger partial charge < -0.3 is 0 Å². The molecule has 0 aliphatic carbocycles. The Labute approximate surface area is 82.9 Å². The molecule has 0 fully saturated rings. The van der Waals surface area contributed by atoms with E-state index in [9.17, 15) is 0 Å². The summed E-state index contributed by atoms with van der Waals surface area (Å²) in [7, 11) is -0.240. The number of benzene rings is 1. The van der Waals surface area contributed by atoms with E-state index in [2.05, 4.69) is 56.1 Å². The van der Waals surface area contributed by atoms with E-state index in [1.165, 1.54) is 5.56 Å². The van der Waals surface area contributed by atoms with Crippen molar-refractivity contribution in [3.63, 3.8) is 0 Å². The fraction of sp³-hybridized carbons (Fsp3) is 0.333. The summed E-state index contributed by atoms with van der Waals surface area (Å²) in [5, 5.41) is 0. The quantitative estimate of drug-likeness (QED) is 0.502. The largest absolute Gasteiger partial charge is 0.103 e. The van der Waals surface area contributed by atoms with Crippen LogP contribution in [-0.4, -0.2) is 8.80 Å². The second-order valence-electron chi connectivity index (χ2n) is 3.61. The Hall–Kier alpha value is -0.823. The molecule has 0 aliphatic rings. The van der Waals surface area contributed by atoms with E-state index in [-0.39, 0.29) is 8.80 Å². The van der Waals surface area contributed by atoms with Crippen LogP contribution in [0.5, 0.6) is 0 Å². The number of hydrogen-bond acceptors (Lipinski definition) is 0. The lowest BCUT2D eigenvalue weighted by molar-refractivity contribution is 0.973. The van der Waals surface area contributed by atoms with Crippen LogP contribution in [0.25, 0.3) is 0 Å². The maximum atomic E-state index is 3.90. The molecule has 0 N–H and O–H groups in total. The van der Waals surface area contributed by atoms with E-state index < -0.39 is 0 Å². The van der Waals surface area contributed by atoms with Crippen LogP contribution in [0.3, 0.4) is 0 Å². The molecule has 69 valence electrons. The van der Waals surface area contributed by atoms with Crippen LogP contribution in [0.15, 0.2) is 43.0 Å². The first-order valence-electron chi connectivity index (χ1n) is 4.70. The third kappa shape index (κ3) is 3.19. The van der Waals surface area contributed by atoms with Crippen LogP contribution >= 0.6 is 0 Å². The molecule has 1 aromatic carbocycles. The molecule has 13 heavy (non-hydrogen) atoms. The number of rotatable bonds is 4. The van der Waals surface area contributed by atoms with Crippen molar-refractivity contribution in [1.29, 1.82) is 0 Å². The zero-order valence-electron chi connectivity index (χ0n) is 8.46. The predicted molar refractivity (Wildman–Crippen MR) is 61.6 cm³/mol. The van der Waals surface area contributed by atoms with Gasteiger partial charge in [0, 0.05) is 8.80 Å². The monoisotopic (exact) mass is 189 g/mol. The van der Waals surface area contributed by atoms with Crippen molar-refractivity contribution >= 4 is 8.80 Å². The van der Waals surface area contributed by atoms with Crippen LogP contribution in [-0.2, 0) is 6.42 Å². The Balaban J connectivity index is 2.62. The van der Waals surface area contributed by atoms with Crippen LogP contribution in [0, 0.1) is 0 Å². The fourth-order valence-electron chi connectivity index (χ4n) is 1.39. The summed E-state index contributed by atoms with van der Waals surface area (Å²) in [5.41, 5.74) is 2.13.